The first-order valence-corrected chi connectivity index (χ1v) is 6.65. The zero-order chi connectivity index (χ0) is 13.0. The SMILES string of the molecule is CCNC1CC(Oc2ccc(CC(C)=O)cc2)C1.[HH]. The highest BCUT2D eigenvalue weighted by Crippen LogP contribution is 2.26. The number of hydrogen-bond acceptors (Lipinski definition) is 3. The molecule has 1 saturated carbocycles. The highest BCUT2D eigenvalue weighted by molar-refractivity contribution is 5.78. The maximum atomic E-state index is 11.0. The number of nitrogens with one attached hydrogen (secondary N) is 1. The Morgan fingerprint density at radius 1 is 1.39 bits per heavy atom. The lowest BCUT2D eigenvalue weighted by atomic mass is 9.89. The lowest BCUT2D eigenvalue weighted by molar-refractivity contribution is -0.116. The van der Waals surface area contributed by atoms with E-state index in [2.05, 4.69) is 12.2 Å². The zero-order valence-electron chi connectivity index (χ0n) is 11.1. The number of rotatable bonds is 6. The van der Waals surface area contributed by atoms with E-state index in [-0.39, 0.29) is 7.21 Å². The van der Waals surface area contributed by atoms with E-state index in [9.17, 15) is 4.79 Å². The van der Waals surface area contributed by atoms with Crippen LogP contribution in [0, 0.1) is 0 Å². The summed E-state index contributed by atoms with van der Waals surface area (Å²) in [7, 11) is 0. The fourth-order valence-corrected chi connectivity index (χ4v) is 2.28. The minimum absolute atomic E-state index is 0. The Morgan fingerprint density at radius 3 is 2.61 bits per heavy atom. The summed E-state index contributed by atoms with van der Waals surface area (Å²) in [4.78, 5) is 11.0. The van der Waals surface area contributed by atoms with Gasteiger partial charge < -0.3 is 10.1 Å². The number of ether oxygens (including phenoxy) is 1. The average Bonchev–Trinajstić information content (AvgIpc) is 2.28. The molecule has 0 amide bonds. The Hall–Kier alpha value is -1.35. The molecular formula is C15H23NO2. The second-order valence-electron chi connectivity index (χ2n) is 4.99. The van der Waals surface area contributed by atoms with E-state index in [0.717, 1.165) is 30.7 Å². The van der Waals surface area contributed by atoms with E-state index in [1.54, 1.807) is 6.92 Å². The Balaban J connectivity index is 0.00000180. The molecule has 2 rings (SSSR count). The molecule has 3 nitrogen and oxygen atoms in total. The van der Waals surface area contributed by atoms with Crippen LogP contribution in [0.2, 0.25) is 0 Å². The smallest absolute Gasteiger partial charge is 0.134 e. The number of hydrogen-bond donors (Lipinski definition) is 1. The molecule has 1 N–H and O–H groups in total. The maximum absolute atomic E-state index is 11.0. The van der Waals surface area contributed by atoms with E-state index in [1.165, 1.54) is 0 Å². The van der Waals surface area contributed by atoms with Crippen molar-refractivity contribution in [2.24, 2.45) is 0 Å². The number of carbonyl (C=O) groups excluding carboxylic acids is 1. The Bertz CT molecular complexity index is 399. The van der Waals surface area contributed by atoms with Gasteiger partial charge in [-0.05, 0) is 44.0 Å². The van der Waals surface area contributed by atoms with Gasteiger partial charge in [0, 0.05) is 13.9 Å². The molecule has 1 aliphatic carbocycles. The number of carbonyl (C=O) groups is 1. The molecule has 3 heteroatoms. The predicted octanol–water partition coefficient (Wildman–Crippen LogP) is 2.58. The van der Waals surface area contributed by atoms with Gasteiger partial charge in [0.1, 0.15) is 17.6 Å². The molecule has 0 atom stereocenters. The molecule has 0 spiro atoms. The molecule has 0 unspecified atom stereocenters. The third-order valence-corrected chi connectivity index (χ3v) is 3.27. The lowest BCUT2D eigenvalue weighted by Crippen LogP contribution is -2.46. The molecule has 0 saturated heterocycles. The fraction of sp³-hybridized carbons (Fsp3) is 0.533. The summed E-state index contributed by atoms with van der Waals surface area (Å²) in [5, 5.41) is 3.41. The van der Waals surface area contributed by atoms with Gasteiger partial charge in [0.15, 0.2) is 0 Å². The second kappa shape index (κ2) is 6.01. The topological polar surface area (TPSA) is 38.3 Å². The molecule has 1 aliphatic rings. The summed E-state index contributed by atoms with van der Waals surface area (Å²) >= 11 is 0. The number of benzene rings is 1. The molecule has 0 heterocycles. The maximum Gasteiger partial charge on any atom is 0.134 e. The van der Waals surface area contributed by atoms with Crippen LogP contribution in [0.25, 0.3) is 0 Å². The third-order valence-electron chi connectivity index (χ3n) is 3.27. The van der Waals surface area contributed by atoms with Crippen LogP contribution in [-0.4, -0.2) is 24.5 Å². The van der Waals surface area contributed by atoms with Gasteiger partial charge >= 0.3 is 0 Å². The van der Waals surface area contributed by atoms with E-state index in [0.29, 0.717) is 18.6 Å². The van der Waals surface area contributed by atoms with Crippen LogP contribution in [0.3, 0.4) is 0 Å². The number of ketones is 1. The van der Waals surface area contributed by atoms with Crippen LogP contribution in [-0.2, 0) is 11.2 Å². The molecule has 18 heavy (non-hydrogen) atoms. The second-order valence-corrected chi connectivity index (χ2v) is 4.99. The van der Waals surface area contributed by atoms with Gasteiger partial charge in [0.05, 0.1) is 0 Å². The van der Waals surface area contributed by atoms with Crippen LogP contribution in [0.4, 0.5) is 0 Å². The van der Waals surface area contributed by atoms with Crippen molar-refractivity contribution in [3.63, 3.8) is 0 Å². The van der Waals surface area contributed by atoms with Crippen LogP contribution < -0.4 is 10.1 Å². The zero-order valence-corrected chi connectivity index (χ0v) is 11.1. The Morgan fingerprint density at radius 2 is 2.06 bits per heavy atom. The molecular weight excluding hydrogens is 226 g/mol. The Labute approximate surface area is 110 Å². The summed E-state index contributed by atoms with van der Waals surface area (Å²) < 4.78 is 5.86. The van der Waals surface area contributed by atoms with Gasteiger partial charge in [-0.25, -0.2) is 0 Å². The minimum Gasteiger partial charge on any atom is -0.490 e. The predicted molar refractivity (Wildman–Crippen MR) is 74.1 cm³/mol. The summed E-state index contributed by atoms with van der Waals surface area (Å²) in [5.41, 5.74) is 1.05. The highest BCUT2D eigenvalue weighted by atomic mass is 16.5. The fourth-order valence-electron chi connectivity index (χ4n) is 2.28. The van der Waals surface area contributed by atoms with Gasteiger partial charge in [-0.2, -0.15) is 0 Å². The van der Waals surface area contributed by atoms with Crippen molar-refractivity contribution in [2.45, 2.75) is 45.3 Å². The quantitative estimate of drug-likeness (QED) is 0.842. The van der Waals surface area contributed by atoms with E-state index in [4.69, 9.17) is 4.74 Å². The largest absolute Gasteiger partial charge is 0.490 e. The van der Waals surface area contributed by atoms with Gasteiger partial charge in [-0.1, -0.05) is 19.1 Å². The van der Waals surface area contributed by atoms with Crippen LogP contribution >= 0.6 is 0 Å². The standard InChI is InChI=1S/C15H21NO2.H2/c1-3-16-13-9-15(10-13)18-14-6-4-12(5-7-14)8-11(2)17;/h4-7,13,15-16H,3,8-10H2,1-2H3;1H. The van der Waals surface area contributed by atoms with E-state index in [1.807, 2.05) is 24.3 Å². The lowest BCUT2D eigenvalue weighted by Gasteiger charge is -2.35. The van der Waals surface area contributed by atoms with Gasteiger partial charge in [0.2, 0.25) is 0 Å². The van der Waals surface area contributed by atoms with E-state index >= 15 is 0 Å². The van der Waals surface area contributed by atoms with Crippen molar-refractivity contribution in [2.75, 3.05) is 6.54 Å². The molecule has 0 bridgehead atoms. The highest BCUT2D eigenvalue weighted by Gasteiger charge is 2.29. The summed E-state index contributed by atoms with van der Waals surface area (Å²) in [5.74, 6) is 1.10. The van der Waals surface area contributed by atoms with Crippen molar-refractivity contribution in [1.29, 1.82) is 0 Å². The first kappa shape index (κ1) is 13.1. The van der Waals surface area contributed by atoms with Crippen molar-refractivity contribution >= 4 is 5.78 Å². The van der Waals surface area contributed by atoms with Gasteiger partial charge in [0.25, 0.3) is 0 Å². The van der Waals surface area contributed by atoms with Gasteiger partial charge in [-0.15, -0.1) is 0 Å². The first-order valence-electron chi connectivity index (χ1n) is 6.65. The van der Waals surface area contributed by atoms with Crippen molar-refractivity contribution in [1.82, 2.24) is 5.32 Å². The van der Waals surface area contributed by atoms with Crippen molar-refractivity contribution in [3.8, 4) is 5.75 Å². The summed E-state index contributed by atoms with van der Waals surface area (Å²) in [6.45, 7) is 4.76. The minimum atomic E-state index is 0. The summed E-state index contributed by atoms with van der Waals surface area (Å²) in [6, 6.07) is 8.48. The Kier molecular flexibility index (Phi) is 4.37. The van der Waals surface area contributed by atoms with Gasteiger partial charge in [-0.3, -0.25) is 4.79 Å². The first-order chi connectivity index (χ1) is 8.67. The van der Waals surface area contributed by atoms with Crippen LogP contribution in [0.5, 0.6) is 5.75 Å². The third kappa shape index (κ3) is 3.57. The van der Waals surface area contributed by atoms with Crippen LogP contribution in [0.15, 0.2) is 24.3 Å². The molecule has 0 radical (unpaired) electrons. The monoisotopic (exact) mass is 249 g/mol. The molecule has 100 valence electrons. The normalized spacial score (nSPS) is 22.3. The molecule has 0 aromatic heterocycles. The van der Waals surface area contributed by atoms with Crippen molar-refractivity contribution in [3.05, 3.63) is 29.8 Å². The molecule has 1 fully saturated rings. The molecule has 1 aromatic rings. The van der Waals surface area contributed by atoms with Crippen LogP contribution in [0.1, 0.15) is 33.7 Å². The number of Topliss-reactive ketones (excluding diaryl/α,β-unsaturated/α-hetero) is 1. The average molecular weight is 249 g/mol. The summed E-state index contributed by atoms with van der Waals surface area (Å²) in [6.07, 6.45) is 3.02. The van der Waals surface area contributed by atoms with Crippen molar-refractivity contribution < 1.29 is 11.0 Å². The molecule has 0 aliphatic heterocycles. The molecule has 1 aromatic carbocycles. The van der Waals surface area contributed by atoms with E-state index < -0.39 is 0 Å².